The van der Waals surface area contributed by atoms with E-state index in [0.717, 1.165) is 11.1 Å². The number of phenolic OH excluding ortho intramolecular Hbond substituents is 2. The third-order valence-corrected chi connectivity index (χ3v) is 5.40. The van der Waals surface area contributed by atoms with E-state index in [1.165, 1.54) is 12.1 Å². The van der Waals surface area contributed by atoms with E-state index in [-0.39, 0.29) is 17.1 Å². The smallest absolute Gasteiger partial charge is 0.261 e. The highest BCUT2D eigenvalue weighted by molar-refractivity contribution is 6.38. The van der Waals surface area contributed by atoms with Crippen molar-refractivity contribution >= 4 is 46.3 Å². The van der Waals surface area contributed by atoms with Gasteiger partial charge in [0.1, 0.15) is 5.82 Å². The second kappa shape index (κ2) is 8.84. The molecule has 0 unspecified atom stereocenters. The zero-order valence-corrected chi connectivity index (χ0v) is 17.8. The zero-order valence-electron chi connectivity index (χ0n) is 16.3. The van der Waals surface area contributed by atoms with E-state index in [4.69, 9.17) is 23.2 Å². The third kappa shape index (κ3) is 4.58. The molecule has 0 radical (unpaired) electrons. The summed E-state index contributed by atoms with van der Waals surface area (Å²) < 4.78 is 1.55. The minimum absolute atomic E-state index is 0.191. The topological polar surface area (TPSA) is 75.4 Å². The molecule has 7 heteroatoms. The predicted octanol–water partition coefficient (Wildman–Crippen LogP) is 5.53. The molecule has 0 aliphatic carbocycles. The van der Waals surface area contributed by atoms with Gasteiger partial charge in [-0.3, -0.25) is 9.36 Å². The van der Waals surface area contributed by atoms with Gasteiger partial charge in [-0.1, -0.05) is 65.7 Å². The zero-order chi connectivity index (χ0) is 22.0. The molecular formula is C24H18Cl2N2O3. The number of halogens is 2. The maximum atomic E-state index is 13.3. The molecule has 0 spiro atoms. The Morgan fingerprint density at radius 3 is 2.45 bits per heavy atom. The molecule has 3 aromatic carbocycles. The summed E-state index contributed by atoms with van der Waals surface area (Å²) in [4.78, 5) is 17.9. The average molecular weight is 453 g/mol. The van der Waals surface area contributed by atoms with Gasteiger partial charge in [-0.05, 0) is 47.9 Å². The first-order valence-electron chi connectivity index (χ1n) is 9.56. The predicted molar refractivity (Wildman–Crippen MR) is 125 cm³/mol. The van der Waals surface area contributed by atoms with Crippen molar-refractivity contribution in [2.75, 3.05) is 0 Å². The summed E-state index contributed by atoms with van der Waals surface area (Å²) in [6.07, 6.45) is 4.09. The highest BCUT2D eigenvalue weighted by Crippen LogP contribution is 2.27. The first-order valence-corrected chi connectivity index (χ1v) is 10.3. The van der Waals surface area contributed by atoms with E-state index in [9.17, 15) is 15.0 Å². The second-order valence-corrected chi connectivity index (χ2v) is 7.87. The number of phenols is 2. The van der Waals surface area contributed by atoms with Crippen molar-refractivity contribution in [2.45, 2.75) is 13.0 Å². The molecule has 0 bridgehead atoms. The van der Waals surface area contributed by atoms with Gasteiger partial charge in [-0.25, -0.2) is 4.98 Å². The molecular weight excluding hydrogens is 435 g/mol. The fourth-order valence-electron chi connectivity index (χ4n) is 3.31. The molecule has 156 valence electrons. The van der Waals surface area contributed by atoms with E-state index in [1.54, 1.807) is 28.8 Å². The van der Waals surface area contributed by atoms with Crippen molar-refractivity contribution < 1.29 is 10.2 Å². The summed E-state index contributed by atoms with van der Waals surface area (Å²) in [5, 5.41) is 20.3. The van der Waals surface area contributed by atoms with Crippen molar-refractivity contribution in [2.24, 2.45) is 0 Å². The van der Waals surface area contributed by atoms with Crippen LogP contribution in [-0.4, -0.2) is 19.8 Å². The molecule has 5 nitrogen and oxygen atoms in total. The van der Waals surface area contributed by atoms with Crippen LogP contribution >= 0.6 is 23.2 Å². The van der Waals surface area contributed by atoms with Gasteiger partial charge < -0.3 is 10.2 Å². The Hall–Kier alpha value is -3.28. The Morgan fingerprint density at radius 2 is 1.71 bits per heavy atom. The fourth-order valence-corrected chi connectivity index (χ4v) is 3.85. The van der Waals surface area contributed by atoms with Crippen molar-refractivity contribution in [1.29, 1.82) is 0 Å². The molecule has 31 heavy (non-hydrogen) atoms. The quantitative estimate of drug-likeness (QED) is 0.390. The van der Waals surface area contributed by atoms with Crippen LogP contribution in [-0.2, 0) is 13.0 Å². The highest BCUT2D eigenvalue weighted by atomic mass is 35.5. The van der Waals surface area contributed by atoms with Crippen LogP contribution in [0.4, 0.5) is 0 Å². The summed E-state index contributed by atoms with van der Waals surface area (Å²) in [5.74, 6) is 0.0573. The van der Waals surface area contributed by atoms with E-state index in [1.807, 2.05) is 36.4 Å². The van der Waals surface area contributed by atoms with Crippen molar-refractivity contribution in [1.82, 2.24) is 9.55 Å². The van der Waals surface area contributed by atoms with E-state index >= 15 is 0 Å². The Kier molecular flexibility index (Phi) is 5.98. The number of hydrogen-bond acceptors (Lipinski definition) is 4. The molecule has 2 N–H and O–H groups in total. The molecule has 4 aromatic rings. The molecule has 0 saturated carbocycles. The monoisotopic (exact) mass is 452 g/mol. The molecule has 0 aliphatic rings. The van der Waals surface area contributed by atoms with Gasteiger partial charge in [0.05, 0.1) is 15.9 Å². The van der Waals surface area contributed by atoms with Gasteiger partial charge >= 0.3 is 0 Å². The first kappa shape index (κ1) is 21.0. The lowest BCUT2D eigenvalue weighted by atomic mass is 10.1. The molecule has 4 rings (SSSR count). The number of aromatic nitrogens is 2. The normalized spacial score (nSPS) is 11.4. The van der Waals surface area contributed by atoms with Gasteiger partial charge in [0, 0.05) is 11.6 Å². The third-order valence-electron chi connectivity index (χ3n) is 4.89. The molecule has 1 aromatic heterocycles. The maximum absolute atomic E-state index is 13.3. The molecule has 0 amide bonds. The number of hydrogen-bond donors (Lipinski definition) is 2. The lowest BCUT2D eigenvalue weighted by molar-refractivity contribution is 0.403. The first-order chi connectivity index (χ1) is 14.9. The number of aryl methyl sites for hydroxylation is 1. The number of fused-ring (bicyclic) bond motifs is 1. The van der Waals surface area contributed by atoms with Crippen molar-refractivity contribution in [3.05, 3.63) is 98.0 Å². The SMILES string of the molecule is O=c1c2cc(Cl)cc(Cl)c2nc(/C=C/c2ccccc2)n1CCc1ccc(O)c(O)c1. The minimum atomic E-state index is -0.259. The number of benzene rings is 3. The average Bonchev–Trinajstić information content (AvgIpc) is 2.75. The van der Waals surface area contributed by atoms with Crippen LogP contribution < -0.4 is 5.56 Å². The maximum Gasteiger partial charge on any atom is 0.261 e. The molecule has 0 aliphatic heterocycles. The van der Waals surface area contributed by atoms with Gasteiger partial charge in [-0.15, -0.1) is 0 Å². The van der Waals surface area contributed by atoms with Gasteiger partial charge in [-0.2, -0.15) is 0 Å². The van der Waals surface area contributed by atoms with Crippen molar-refractivity contribution in [3.63, 3.8) is 0 Å². The van der Waals surface area contributed by atoms with Crippen LogP contribution in [0.25, 0.3) is 23.1 Å². The van der Waals surface area contributed by atoms with E-state index in [0.29, 0.717) is 39.7 Å². The van der Waals surface area contributed by atoms with Crippen molar-refractivity contribution in [3.8, 4) is 11.5 Å². The second-order valence-electron chi connectivity index (χ2n) is 7.03. The molecule has 0 saturated heterocycles. The number of rotatable bonds is 5. The Labute approximate surface area is 188 Å². The number of aromatic hydroxyl groups is 2. The summed E-state index contributed by atoms with van der Waals surface area (Å²) in [5.41, 5.74) is 1.87. The Bertz CT molecular complexity index is 1350. The van der Waals surface area contributed by atoms with Gasteiger partial charge in [0.25, 0.3) is 5.56 Å². The summed E-state index contributed by atoms with van der Waals surface area (Å²) >= 11 is 12.4. The molecule has 0 atom stereocenters. The van der Waals surface area contributed by atoms with Crippen LogP contribution in [0.15, 0.2) is 65.5 Å². The van der Waals surface area contributed by atoms with Crippen LogP contribution in [0, 0.1) is 0 Å². The lowest BCUT2D eigenvalue weighted by Crippen LogP contribution is -2.25. The fraction of sp³-hybridized carbons (Fsp3) is 0.0833. The number of nitrogens with zero attached hydrogens (tertiary/aromatic N) is 2. The van der Waals surface area contributed by atoms with Crippen LogP contribution in [0.1, 0.15) is 17.0 Å². The summed E-state index contributed by atoms with van der Waals surface area (Å²) in [6, 6.07) is 17.4. The molecule has 0 fully saturated rings. The van der Waals surface area contributed by atoms with Gasteiger partial charge in [0.15, 0.2) is 11.5 Å². The Balaban J connectivity index is 1.80. The summed E-state index contributed by atoms with van der Waals surface area (Å²) in [7, 11) is 0. The van der Waals surface area contributed by atoms with E-state index < -0.39 is 0 Å². The lowest BCUT2D eigenvalue weighted by Gasteiger charge is -2.13. The van der Waals surface area contributed by atoms with E-state index in [2.05, 4.69) is 4.98 Å². The Morgan fingerprint density at radius 1 is 0.935 bits per heavy atom. The van der Waals surface area contributed by atoms with Crippen LogP contribution in [0.3, 0.4) is 0 Å². The van der Waals surface area contributed by atoms with Gasteiger partial charge in [0.2, 0.25) is 0 Å². The highest BCUT2D eigenvalue weighted by Gasteiger charge is 2.13. The molecule has 1 heterocycles. The van der Waals surface area contributed by atoms with Crippen LogP contribution in [0.2, 0.25) is 10.0 Å². The standard InChI is InChI=1S/C24H18Cl2N2O3/c25-17-13-18-23(19(26)14-17)27-22(9-7-15-4-2-1-3-5-15)28(24(18)31)11-10-16-6-8-20(29)21(30)12-16/h1-9,12-14,29-30H,10-11H2/b9-7+. The minimum Gasteiger partial charge on any atom is -0.504 e. The summed E-state index contributed by atoms with van der Waals surface area (Å²) in [6.45, 7) is 0.310. The van der Waals surface area contributed by atoms with Crippen LogP contribution in [0.5, 0.6) is 11.5 Å². The largest absolute Gasteiger partial charge is 0.504 e.